The van der Waals surface area contributed by atoms with Crippen molar-refractivity contribution in [1.82, 2.24) is 0 Å². The van der Waals surface area contributed by atoms with Crippen LogP contribution in [0, 0.1) is 6.92 Å². The van der Waals surface area contributed by atoms with Gasteiger partial charge in [0.2, 0.25) is 0 Å². The van der Waals surface area contributed by atoms with Crippen molar-refractivity contribution in [2.24, 2.45) is 5.73 Å². The minimum atomic E-state index is 0.220. The van der Waals surface area contributed by atoms with Crippen LogP contribution < -0.4 is 5.73 Å². The van der Waals surface area contributed by atoms with Crippen molar-refractivity contribution in [2.45, 2.75) is 38.1 Å². The van der Waals surface area contributed by atoms with Crippen LogP contribution in [0.15, 0.2) is 12.1 Å². The van der Waals surface area contributed by atoms with Crippen molar-refractivity contribution < 1.29 is 0 Å². The molecule has 1 aromatic heterocycles. The van der Waals surface area contributed by atoms with Crippen molar-refractivity contribution in [1.29, 1.82) is 0 Å². The summed E-state index contributed by atoms with van der Waals surface area (Å²) in [5.74, 6) is 0. The molecule has 1 fully saturated rings. The molecule has 1 aliphatic rings. The van der Waals surface area contributed by atoms with Gasteiger partial charge in [-0.05, 0) is 44.7 Å². The van der Waals surface area contributed by atoms with Gasteiger partial charge >= 0.3 is 0 Å². The van der Waals surface area contributed by atoms with E-state index in [-0.39, 0.29) is 5.54 Å². The van der Waals surface area contributed by atoms with Gasteiger partial charge < -0.3 is 5.73 Å². The smallest absolute Gasteiger partial charge is 0.0159 e. The summed E-state index contributed by atoms with van der Waals surface area (Å²) in [4.78, 5) is 2.90. The minimum absolute atomic E-state index is 0.220. The molecule has 0 unspecified atom stereocenters. The summed E-state index contributed by atoms with van der Waals surface area (Å²) < 4.78 is 0. The molecule has 0 spiro atoms. The summed E-state index contributed by atoms with van der Waals surface area (Å²) in [5.41, 5.74) is 6.23. The highest BCUT2D eigenvalue weighted by Crippen LogP contribution is 2.37. The van der Waals surface area contributed by atoms with Crippen molar-refractivity contribution in [3.8, 4) is 0 Å². The molecule has 0 bridgehead atoms. The van der Waals surface area contributed by atoms with Crippen molar-refractivity contribution >= 4 is 11.3 Å². The third-order valence-electron chi connectivity index (χ3n) is 2.56. The standard InChI is InChI=1S/C10H15NS/c1-8-2-3-9(12-8)4-5-10(11)6-7-10/h2-3H,4-7,11H2,1H3. The summed E-state index contributed by atoms with van der Waals surface area (Å²) in [6, 6.07) is 4.42. The summed E-state index contributed by atoms with van der Waals surface area (Å²) in [6.45, 7) is 2.16. The van der Waals surface area contributed by atoms with E-state index in [1.165, 1.54) is 35.4 Å². The molecule has 2 heteroatoms. The first-order valence-corrected chi connectivity index (χ1v) is 5.34. The maximum Gasteiger partial charge on any atom is 0.0159 e. The second-order valence-corrected chi connectivity index (χ2v) is 5.25. The van der Waals surface area contributed by atoms with E-state index in [0.29, 0.717) is 0 Å². The number of aryl methyl sites for hydroxylation is 2. The van der Waals surface area contributed by atoms with E-state index in [2.05, 4.69) is 19.1 Å². The Hall–Kier alpha value is -0.340. The summed E-state index contributed by atoms with van der Waals surface area (Å²) in [5, 5.41) is 0. The first kappa shape index (κ1) is 8.27. The highest BCUT2D eigenvalue weighted by molar-refractivity contribution is 7.11. The van der Waals surface area contributed by atoms with Gasteiger partial charge in [-0.15, -0.1) is 11.3 Å². The minimum Gasteiger partial charge on any atom is -0.325 e. The highest BCUT2D eigenvalue weighted by atomic mass is 32.1. The zero-order valence-electron chi connectivity index (χ0n) is 7.47. The Morgan fingerprint density at radius 2 is 2.25 bits per heavy atom. The van der Waals surface area contributed by atoms with Gasteiger partial charge in [-0.25, -0.2) is 0 Å². The Kier molecular flexibility index (Phi) is 1.97. The number of hydrogen-bond donors (Lipinski definition) is 1. The molecule has 1 aromatic rings. The lowest BCUT2D eigenvalue weighted by Gasteiger charge is -2.05. The molecule has 1 saturated carbocycles. The lowest BCUT2D eigenvalue weighted by atomic mass is 10.1. The largest absolute Gasteiger partial charge is 0.325 e. The quantitative estimate of drug-likeness (QED) is 0.761. The van der Waals surface area contributed by atoms with Crippen LogP contribution in [0.3, 0.4) is 0 Å². The Morgan fingerprint density at radius 3 is 2.75 bits per heavy atom. The maximum atomic E-state index is 6.01. The predicted molar refractivity (Wildman–Crippen MR) is 53.5 cm³/mol. The summed E-state index contributed by atoms with van der Waals surface area (Å²) in [6.07, 6.45) is 4.82. The van der Waals surface area contributed by atoms with Crippen LogP contribution in [0.1, 0.15) is 29.0 Å². The van der Waals surface area contributed by atoms with Gasteiger partial charge in [0.05, 0.1) is 0 Å². The Morgan fingerprint density at radius 1 is 1.50 bits per heavy atom. The van der Waals surface area contributed by atoms with E-state index >= 15 is 0 Å². The molecule has 0 amide bonds. The van der Waals surface area contributed by atoms with Gasteiger partial charge in [-0.3, -0.25) is 0 Å². The van der Waals surface area contributed by atoms with Crippen molar-refractivity contribution in [2.75, 3.05) is 0 Å². The van der Waals surface area contributed by atoms with E-state index in [9.17, 15) is 0 Å². The van der Waals surface area contributed by atoms with Crippen LogP contribution >= 0.6 is 11.3 Å². The highest BCUT2D eigenvalue weighted by Gasteiger charge is 2.37. The number of nitrogens with two attached hydrogens (primary N) is 1. The van der Waals surface area contributed by atoms with Crippen molar-refractivity contribution in [3.05, 3.63) is 21.9 Å². The first-order chi connectivity index (χ1) is 5.68. The summed E-state index contributed by atoms with van der Waals surface area (Å²) >= 11 is 1.90. The van der Waals surface area contributed by atoms with Crippen LogP contribution in [0.2, 0.25) is 0 Å². The second kappa shape index (κ2) is 2.86. The van der Waals surface area contributed by atoms with E-state index in [0.717, 1.165) is 0 Å². The molecule has 12 heavy (non-hydrogen) atoms. The van der Waals surface area contributed by atoms with E-state index in [4.69, 9.17) is 5.73 Å². The molecular formula is C10H15NS. The Labute approximate surface area is 77.6 Å². The van der Waals surface area contributed by atoms with Crippen LogP contribution in [0.25, 0.3) is 0 Å². The van der Waals surface area contributed by atoms with E-state index in [1.54, 1.807) is 0 Å². The van der Waals surface area contributed by atoms with E-state index < -0.39 is 0 Å². The van der Waals surface area contributed by atoms with Gasteiger partial charge in [0.25, 0.3) is 0 Å². The maximum absolute atomic E-state index is 6.01. The van der Waals surface area contributed by atoms with Gasteiger partial charge in [0, 0.05) is 15.3 Å². The Bertz CT molecular complexity index is 273. The number of hydrogen-bond acceptors (Lipinski definition) is 2. The van der Waals surface area contributed by atoms with Crippen LogP contribution in [0.4, 0.5) is 0 Å². The number of thiophene rings is 1. The molecule has 2 N–H and O–H groups in total. The second-order valence-electron chi connectivity index (χ2n) is 3.87. The molecule has 0 atom stereocenters. The Balaban J connectivity index is 1.87. The fourth-order valence-corrected chi connectivity index (χ4v) is 2.29. The van der Waals surface area contributed by atoms with Crippen LogP contribution in [-0.2, 0) is 6.42 Å². The first-order valence-electron chi connectivity index (χ1n) is 4.52. The third kappa shape index (κ3) is 1.87. The molecule has 1 aliphatic carbocycles. The van der Waals surface area contributed by atoms with Crippen LogP contribution in [0.5, 0.6) is 0 Å². The van der Waals surface area contributed by atoms with E-state index in [1.807, 2.05) is 11.3 Å². The van der Waals surface area contributed by atoms with Crippen LogP contribution in [-0.4, -0.2) is 5.54 Å². The fourth-order valence-electron chi connectivity index (χ4n) is 1.40. The molecule has 0 saturated heterocycles. The summed E-state index contributed by atoms with van der Waals surface area (Å²) in [7, 11) is 0. The average Bonchev–Trinajstić information content (AvgIpc) is 2.60. The van der Waals surface area contributed by atoms with Gasteiger partial charge in [0.1, 0.15) is 0 Å². The molecule has 0 radical (unpaired) electrons. The molecule has 0 aromatic carbocycles. The average molecular weight is 181 g/mol. The zero-order valence-corrected chi connectivity index (χ0v) is 8.29. The van der Waals surface area contributed by atoms with Gasteiger partial charge in [0.15, 0.2) is 0 Å². The van der Waals surface area contributed by atoms with Crippen molar-refractivity contribution in [3.63, 3.8) is 0 Å². The molecule has 66 valence electrons. The SMILES string of the molecule is Cc1ccc(CCC2(N)CC2)s1. The molecule has 1 nitrogen and oxygen atoms in total. The number of rotatable bonds is 3. The molecule has 1 heterocycles. The predicted octanol–water partition coefficient (Wildman–Crippen LogP) is 2.48. The molecular weight excluding hydrogens is 166 g/mol. The third-order valence-corrected chi connectivity index (χ3v) is 3.62. The molecule has 0 aliphatic heterocycles. The monoisotopic (exact) mass is 181 g/mol. The lowest BCUT2D eigenvalue weighted by Crippen LogP contribution is -2.21. The lowest BCUT2D eigenvalue weighted by molar-refractivity contribution is 0.612. The molecule has 2 rings (SSSR count). The normalized spacial score (nSPS) is 19.5. The topological polar surface area (TPSA) is 26.0 Å². The zero-order chi connectivity index (χ0) is 8.60. The van der Waals surface area contributed by atoms with Gasteiger partial charge in [-0.1, -0.05) is 0 Å². The fraction of sp³-hybridized carbons (Fsp3) is 0.600. The van der Waals surface area contributed by atoms with Gasteiger partial charge in [-0.2, -0.15) is 0 Å².